The minimum atomic E-state index is -0.918. The average molecular weight is 374 g/mol. The third kappa shape index (κ3) is 4.68. The number of hydrogen-bond acceptors (Lipinski definition) is 3. The number of nitrogens with zero attached hydrogens (tertiary/aromatic N) is 2. The number of carboxylic acids is 1. The van der Waals surface area contributed by atoms with E-state index in [1.165, 1.54) is 4.90 Å². The SMILES string of the molecule is CC(CN(C)C(=O)NC1CCN(c2ccc(Cl)cc2Cl)C1)C(=O)O. The molecule has 2 rings (SSSR count). The maximum absolute atomic E-state index is 12.2. The maximum Gasteiger partial charge on any atom is 0.317 e. The number of carboxylic acid groups (broad SMARTS) is 1. The van der Waals surface area contributed by atoms with Crippen LogP contribution in [0.5, 0.6) is 0 Å². The third-order valence-electron chi connectivity index (χ3n) is 4.08. The second kappa shape index (κ2) is 7.94. The second-order valence-electron chi connectivity index (χ2n) is 6.10. The van der Waals surface area contributed by atoms with Crippen LogP contribution in [0, 0.1) is 5.92 Å². The fraction of sp³-hybridized carbons (Fsp3) is 0.500. The predicted octanol–water partition coefficient (Wildman–Crippen LogP) is 2.93. The van der Waals surface area contributed by atoms with Crippen molar-refractivity contribution in [1.29, 1.82) is 0 Å². The lowest BCUT2D eigenvalue weighted by Crippen LogP contribution is -2.46. The fourth-order valence-corrected chi connectivity index (χ4v) is 3.22. The Labute approximate surface area is 151 Å². The van der Waals surface area contributed by atoms with Gasteiger partial charge in [-0.25, -0.2) is 4.79 Å². The predicted molar refractivity (Wildman–Crippen MR) is 95.0 cm³/mol. The minimum Gasteiger partial charge on any atom is -0.481 e. The largest absolute Gasteiger partial charge is 0.481 e. The molecule has 2 unspecified atom stereocenters. The number of nitrogens with one attached hydrogen (secondary N) is 1. The number of aliphatic carboxylic acids is 1. The van der Waals surface area contributed by atoms with E-state index in [0.29, 0.717) is 16.6 Å². The van der Waals surface area contributed by atoms with Gasteiger partial charge in [0.15, 0.2) is 0 Å². The zero-order valence-corrected chi connectivity index (χ0v) is 15.1. The number of carbonyl (C=O) groups excluding carboxylic acids is 1. The molecule has 1 aromatic rings. The Balaban J connectivity index is 1.89. The molecule has 0 aliphatic carbocycles. The number of urea groups is 1. The van der Waals surface area contributed by atoms with Gasteiger partial charge in [0, 0.05) is 37.7 Å². The van der Waals surface area contributed by atoms with Gasteiger partial charge in [0.05, 0.1) is 16.6 Å². The first-order valence-electron chi connectivity index (χ1n) is 7.72. The van der Waals surface area contributed by atoms with Gasteiger partial charge in [0.2, 0.25) is 0 Å². The summed E-state index contributed by atoms with van der Waals surface area (Å²) in [6.45, 7) is 3.17. The Morgan fingerprint density at radius 1 is 1.46 bits per heavy atom. The van der Waals surface area contributed by atoms with Gasteiger partial charge >= 0.3 is 12.0 Å². The Bertz CT molecular complexity index is 627. The van der Waals surface area contributed by atoms with Gasteiger partial charge in [-0.05, 0) is 24.6 Å². The summed E-state index contributed by atoms with van der Waals surface area (Å²) in [6.07, 6.45) is 0.799. The fourth-order valence-electron chi connectivity index (χ4n) is 2.69. The Hall–Kier alpha value is -1.66. The number of anilines is 1. The van der Waals surface area contributed by atoms with E-state index in [0.717, 1.165) is 18.7 Å². The number of amides is 2. The number of benzene rings is 1. The highest BCUT2D eigenvalue weighted by atomic mass is 35.5. The first-order chi connectivity index (χ1) is 11.3. The normalized spacial score (nSPS) is 18.3. The number of rotatable bonds is 5. The monoisotopic (exact) mass is 373 g/mol. The summed E-state index contributed by atoms with van der Waals surface area (Å²) in [4.78, 5) is 26.5. The topological polar surface area (TPSA) is 72.9 Å². The third-order valence-corrected chi connectivity index (χ3v) is 4.62. The van der Waals surface area contributed by atoms with Crippen molar-refractivity contribution in [2.24, 2.45) is 5.92 Å². The van der Waals surface area contributed by atoms with Crippen LogP contribution in [0.4, 0.5) is 10.5 Å². The number of halogens is 2. The molecule has 0 saturated carbocycles. The first kappa shape index (κ1) is 18.7. The van der Waals surface area contributed by atoms with E-state index < -0.39 is 11.9 Å². The molecule has 132 valence electrons. The van der Waals surface area contributed by atoms with Gasteiger partial charge in [-0.15, -0.1) is 0 Å². The van der Waals surface area contributed by atoms with E-state index in [2.05, 4.69) is 10.2 Å². The van der Waals surface area contributed by atoms with Crippen LogP contribution in [0.3, 0.4) is 0 Å². The highest BCUT2D eigenvalue weighted by Crippen LogP contribution is 2.31. The van der Waals surface area contributed by atoms with Crippen molar-refractivity contribution >= 4 is 40.9 Å². The lowest BCUT2D eigenvalue weighted by Gasteiger charge is -2.23. The molecule has 24 heavy (non-hydrogen) atoms. The molecule has 1 aliphatic rings. The summed E-state index contributed by atoms with van der Waals surface area (Å²) in [5.41, 5.74) is 0.894. The molecule has 1 saturated heterocycles. The summed E-state index contributed by atoms with van der Waals surface area (Å²) in [5.74, 6) is -1.52. The number of carbonyl (C=O) groups is 2. The van der Waals surface area contributed by atoms with Crippen LogP contribution in [0.25, 0.3) is 0 Å². The van der Waals surface area contributed by atoms with E-state index >= 15 is 0 Å². The van der Waals surface area contributed by atoms with Gasteiger partial charge in [-0.1, -0.05) is 30.1 Å². The Morgan fingerprint density at radius 3 is 2.79 bits per heavy atom. The lowest BCUT2D eigenvalue weighted by atomic mass is 10.2. The van der Waals surface area contributed by atoms with E-state index in [4.69, 9.17) is 28.3 Å². The molecule has 6 nitrogen and oxygen atoms in total. The Morgan fingerprint density at radius 2 is 2.17 bits per heavy atom. The van der Waals surface area contributed by atoms with Crippen molar-refractivity contribution in [3.05, 3.63) is 28.2 Å². The van der Waals surface area contributed by atoms with E-state index in [-0.39, 0.29) is 18.6 Å². The van der Waals surface area contributed by atoms with Crippen molar-refractivity contribution in [1.82, 2.24) is 10.2 Å². The van der Waals surface area contributed by atoms with Crippen LogP contribution >= 0.6 is 23.2 Å². The quantitative estimate of drug-likeness (QED) is 0.831. The van der Waals surface area contributed by atoms with Gasteiger partial charge in [-0.3, -0.25) is 4.79 Å². The van der Waals surface area contributed by atoms with Crippen molar-refractivity contribution in [2.75, 3.05) is 31.6 Å². The zero-order valence-electron chi connectivity index (χ0n) is 13.6. The molecule has 0 bridgehead atoms. The lowest BCUT2D eigenvalue weighted by molar-refractivity contribution is -0.141. The molecule has 0 radical (unpaired) electrons. The van der Waals surface area contributed by atoms with Crippen LogP contribution in [-0.4, -0.2) is 54.7 Å². The summed E-state index contributed by atoms with van der Waals surface area (Å²) in [6, 6.07) is 5.08. The summed E-state index contributed by atoms with van der Waals surface area (Å²) in [5, 5.41) is 13.0. The van der Waals surface area contributed by atoms with E-state index in [9.17, 15) is 9.59 Å². The smallest absolute Gasteiger partial charge is 0.317 e. The van der Waals surface area contributed by atoms with Crippen molar-refractivity contribution in [3.8, 4) is 0 Å². The van der Waals surface area contributed by atoms with Crippen molar-refractivity contribution < 1.29 is 14.7 Å². The molecule has 2 N–H and O–H groups in total. The van der Waals surface area contributed by atoms with E-state index in [1.54, 1.807) is 26.1 Å². The standard InChI is InChI=1S/C16H21Cl2N3O3/c1-10(15(22)23)8-20(2)16(24)19-12-5-6-21(9-12)14-4-3-11(17)7-13(14)18/h3-4,7,10,12H,5-6,8-9H2,1-2H3,(H,19,24)(H,22,23). The summed E-state index contributed by atoms with van der Waals surface area (Å²) < 4.78 is 0. The minimum absolute atomic E-state index is 0.00757. The van der Waals surface area contributed by atoms with Crippen LogP contribution < -0.4 is 10.2 Å². The van der Waals surface area contributed by atoms with Gasteiger partial charge in [0.1, 0.15) is 0 Å². The van der Waals surface area contributed by atoms with Crippen LogP contribution in [0.1, 0.15) is 13.3 Å². The van der Waals surface area contributed by atoms with Crippen molar-refractivity contribution in [3.63, 3.8) is 0 Å². The highest BCUT2D eigenvalue weighted by molar-refractivity contribution is 6.36. The molecular weight excluding hydrogens is 353 g/mol. The molecule has 1 fully saturated rings. The molecule has 0 aromatic heterocycles. The molecular formula is C16H21Cl2N3O3. The highest BCUT2D eigenvalue weighted by Gasteiger charge is 2.27. The van der Waals surface area contributed by atoms with Gasteiger partial charge in [-0.2, -0.15) is 0 Å². The maximum atomic E-state index is 12.2. The second-order valence-corrected chi connectivity index (χ2v) is 6.94. The Kier molecular flexibility index (Phi) is 6.18. The molecule has 0 spiro atoms. The van der Waals surface area contributed by atoms with Gasteiger partial charge < -0.3 is 20.2 Å². The summed E-state index contributed by atoms with van der Waals surface area (Å²) >= 11 is 12.1. The molecule has 2 atom stereocenters. The number of hydrogen-bond donors (Lipinski definition) is 2. The van der Waals surface area contributed by atoms with Gasteiger partial charge in [0.25, 0.3) is 0 Å². The zero-order chi connectivity index (χ0) is 17.9. The van der Waals surface area contributed by atoms with Crippen LogP contribution in [0.2, 0.25) is 10.0 Å². The van der Waals surface area contributed by atoms with Crippen molar-refractivity contribution in [2.45, 2.75) is 19.4 Å². The average Bonchev–Trinajstić information content (AvgIpc) is 2.95. The van der Waals surface area contributed by atoms with Crippen LogP contribution in [0.15, 0.2) is 18.2 Å². The molecule has 8 heteroatoms. The summed E-state index contributed by atoms with van der Waals surface area (Å²) in [7, 11) is 1.59. The first-order valence-corrected chi connectivity index (χ1v) is 8.48. The molecule has 1 aliphatic heterocycles. The molecule has 2 amide bonds. The van der Waals surface area contributed by atoms with E-state index in [1.807, 2.05) is 6.07 Å². The molecule has 1 aromatic carbocycles. The van der Waals surface area contributed by atoms with Crippen LogP contribution in [-0.2, 0) is 4.79 Å². The molecule has 1 heterocycles.